The van der Waals surface area contributed by atoms with Crippen molar-refractivity contribution in [2.45, 2.75) is 19.0 Å². The first-order chi connectivity index (χ1) is 12.2. The molecule has 1 amide bonds. The molecule has 7 nitrogen and oxygen atoms in total. The molecule has 1 fully saturated rings. The monoisotopic (exact) mass is 395 g/mol. The molecule has 140 valence electrons. The number of sulfone groups is 1. The van der Waals surface area contributed by atoms with Crippen molar-refractivity contribution in [2.24, 2.45) is 4.99 Å². The largest absolute Gasteiger partial charge is 0.348 e. The van der Waals surface area contributed by atoms with Gasteiger partial charge in [-0.3, -0.25) is 14.6 Å². The van der Waals surface area contributed by atoms with Crippen molar-refractivity contribution in [3.8, 4) is 0 Å². The molecule has 0 saturated carbocycles. The summed E-state index contributed by atoms with van der Waals surface area (Å²) >= 11 is 1.30. The zero-order chi connectivity index (χ0) is 19.1. The lowest BCUT2D eigenvalue weighted by atomic mass is 10.1. The summed E-state index contributed by atoms with van der Waals surface area (Å²) in [5.41, 5.74) is 1.28. The van der Waals surface area contributed by atoms with E-state index in [2.05, 4.69) is 4.99 Å². The van der Waals surface area contributed by atoms with Gasteiger partial charge in [-0.2, -0.15) is 0 Å². The van der Waals surface area contributed by atoms with Gasteiger partial charge in [0.1, 0.15) is 0 Å². The minimum Gasteiger partial charge on any atom is -0.348 e. The van der Waals surface area contributed by atoms with Gasteiger partial charge in [0.15, 0.2) is 20.8 Å². The number of fused-ring (bicyclic) bond motifs is 1. The second-order valence-electron chi connectivity index (χ2n) is 6.68. The second-order valence-corrected chi connectivity index (χ2v) is 9.77. The van der Waals surface area contributed by atoms with Gasteiger partial charge in [0.05, 0.1) is 29.3 Å². The van der Waals surface area contributed by atoms with Crippen molar-refractivity contribution < 1.29 is 18.0 Å². The number of hydrogen-bond donors (Lipinski definition) is 0. The molecule has 0 unspecified atom stereocenters. The number of amides is 1. The van der Waals surface area contributed by atoms with E-state index >= 15 is 0 Å². The average molecular weight is 396 g/mol. The molecule has 2 aliphatic heterocycles. The Balaban J connectivity index is 1.92. The maximum absolute atomic E-state index is 12.0. The van der Waals surface area contributed by atoms with Gasteiger partial charge in [-0.05, 0) is 19.1 Å². The van der Waals surface area contributed by atoms with E-state index in [4.69, 9.17) is 0 Å². The number of amidine groups is 1. The van der Waals surface area contributed by atoms with Crippen LogP contribution in [-0.2, 0) is 14.6 Å². The Hall–Kier alpha value is -1.87. The highest BCUT2D eigenvalue weighted by atomic mass is 32.2. The third-order valence-corrected chi connectivity index (χ3v) is 7.11. The van der Waals surface area contributed by atoms with Crippen LogP contribution in [0.5, 0.6) is 0 Å². The number of carbonyl (C=O) groups excluding carboxylic acids is 2. The molecule has 0 N–H and O–H groups in total. The van der Waals surface area contributed by atoms with Crippen molar-refractivity contribution in [3.63, 3.8) is 0 Å². The maximum Gasteiger partial charge on any atom is 0.232 e. The van der Waals surface area contributed by atoms with Gasteiger partial charge in [0.25, 0.3) is 0 Å². The van der Waals surface area contributed by atoms with Crippen molar-refractivity contribution in [3.05, 3.63) is 29.8 Å². The first kappa shape index (κ1) is 18.9. The van der Waals surface area contributed by atoms with Crippen LogP contribution in [0.15, 0.2) is 29.3 Å². The number of benzene rings is 1. The Labute approximate surface area is 157 Å². The fourth-order valence-corrected chi connectivity index (χ4v) is 6.01. The highest BCUT2D eigenvalue weighted by Gasteiger charge is 2.47. The Morgan fingerprint density at radius 1 is 1.31 bits per heavy atom. The van der Waals surface area contributed by atoms with E-state index in [1.165, 1.54) is 23.6 Å². The first-order valence-electron chi connectivity index (χ1n) is 8.19. The number of aliphatic imine (C=N–C) groups is 1. The van der Waals surface area contributed by atoms with Crippen LogP contribution < -0.4 is 4.90 Å². The number of anilines is 1. The molecule has 1 saturated heterocycles. The van der Waals surface area contributed by atoms with Gasteiger partial charge in [-0.15, -0.1) is 0 Å². The van der Waals surface area contributed by atoms with Crippen LogP contribution in [0.25, 0.3) is 0 Å². The molecular weight excluding hydrogens is 374 g/mol. The summed E-state index contributed by atoms with van der Waals surface area (Å²) < 4.78 is 24.1. The molecule has 0 radical (unpaired) electrons. The third kappa shape index (κ3) is 3.78. The van der Waals surface area contributed by atoms with Gasteiger partial charge in [-0.1, -0.05) is 23.9 Å². The Morgan fingerprint density at radius 2 is 2.04 bits per heavy atom. The van der Waals surface area contributed by atoms with E-state index in [0.717, 1.165) is 5.69 Å². The molecule has 0 spiro atoms. The molecule has 0 aliphatic carbocycles. The predicted molar refractivity (Wildman–Crippen MR) is 104 cm³/mol. The minimum absolute atomic E-state index is 0.0201. The van der Waals surface area contributed by atoms with Gasteiger partial charge in [0, 0.05) is 25.3 Å². The molecule has 2 aliphatic rings. The van der Waals surface area contributed by atoms with Crippen LogP contribution in [0.1, 0.15) is 17.3 Å². The van der Waals surface area contributed by atoms with Crippen LogP contribution in [0.4, 0.5) is 5.69 Å². The topological polar surface area (TPSA) is 87.1 Å². The van der Waals surface area contributed by atoms with Gasteiger partial charge >= 0.3 is 0 Å². The van der Waals surface area contributed by atoms with E-state index < -0.39 is 9.84 Å². The van der Waals surface area contributed by atoms with Crippen molar-refractivity contribution in [1.29, 1.82) is 0 Å². The lowest BCUT2D eigenvalue weighted by Crippen LogP contribution is -2.39. The number of rotatable bonds is 4. The average Bonchev–Trinajstić information content (AvgIpc) is 3.03. The highest BCUT2D eigenvalue weighted by Crippen LogP contribution is 2.35. The zero-order valence-electron chi connectivity index (χ0n) is 14.9. The molecule has 9 heteroatoms. The molecule has 2 heterocycles. The van der Waals surface area contributed by atoms with Crippen LogP contribution in [0, 0.1) is 0 Å². The van der Waals surface area contributed by atoms with Crippen molar-refractivity contribution >= 4 is 44.1 Å². The van der Waals surface area contributed by atoms with Crippen LogP contribution in [0.3, 0.4) is 0 Å². The fourth-order valence-electron chi connectivity index (χ4n) is 3.07. The molecule has 1 aromatic rings. The summed E-state index contributed by atoms with van der Waals surface area (Å²) in [6.45, 7) is 1.49. The lowest BCUT2D eigenvalue weighted by molar-refractivity contribution is -0.125. The quantitative estimate of drug-likeness (QED) is 0.709. The third-order valence-electron chi connectivity index (χ3n) is 4.46. The van der Waals surface area contributed by atoms with Gasteiger partial charge in [-0.25, -0.2) is 8.42 Å². The summed E-state index contributed by atoms with van der Waals surface area (Å²) in [4.78, 5) is 31.6. The van der Waals surface area contributed by atoms with Gasteiger partial charge < -0.3 is 9.80 Å². The molecule has 3 rings (SSSR count). The SMILES string of the molecule is CC(=O)c1cccc(N2C(SCC(=O)N(C)C)=N[C@H]3CS(=O)(=O)C[C@H]32)c1. The summed E-state index contributed by atoms with van der Waals surface area (Å²) in [7, 11) is 0.237. The van der Waals surface area contributed by atoms with E-state index in [1.54, 1.807) is 32.3 Å². The first-order valence-corrected chi connectivity index (χ1v) is 11.0. The van der Waals surface area contributed by atoms with E-state index in [1.807, 2.05) is 11.0 Å². The Morgan fingerprint density at radius 3 is 2.69 bits per heavy atom. The van der Waals surface area contributed by atoms with Crippen molar-refractivity contribution in [2.75, 3.05) is 36.3 Å². The molecule has 1 aromatic carbocycles. The number of nitrogens with zero attached hydrogens (tertiary/aromatic N) is 3. The highest BCUT2D eigenvalue weighted by molar-refractivity contribution is 8.14. The number of hydrogen-bond acceptors (Lipinski definition) is 7. The van der Waals surface area contributed by atoms with E-state index in [0.29, 0.717) is 10.7 Å². The molecule has 2 atom stereocenters. The smallest absolute Gasteiger partial charge is 0.232 e. The van der Waals surface area contributed by atoms with E-state index in [-0.39, 0.29) is 41.0 Å². The summed E-state index contributed by atoms with van der Waals surface area (Å²) in [6, 6.07) is 6.46. The number of thioether (sulfide) groups is 1. The standard InChI is InChI=1S/C17H21N3O4S2/c1-11(21)12-5-4-6-13(7-12)20-15-10-26(23,24)9-14(15)18-17(20)25-8-16(22)19(2)3/h4-7,14-15H,8-10H2,1-3H3/t14-,15+/m0/s1. The van der Waals surface area contributed by atoms with Gasteiger partial charge in [0.2, 0.25) is 5.91 Å². The summed E-state index contributed by atoms with van der Waals surface area (Å²) in [5, 5.41) is 0.630. The van der Waals surface area contributed by atoms with Crippen LogP contribution in [-0.4, -0.2) is 73.6 Å². The fraction of sp³-hybridized carbons (Fsp3) is 0.471. The maximum atomic E-state index is 12.0. The zero-order valence-corrected chi connectivity index (χ0v) is 16.5. The van der Waals surface area contributed by atoms with Crippen LogP contribution >= 0.6 is 11.8 Å². The number of carbonyl (C=O) groups is 2. The predicted octanol–water partition coefficient (Wildman–Crippen LogP) is 1.05. The minimum atomic E-state index is -3.14. The lowest BCUT2D eigenvalue weighted by Gasteiger charge is -2.27. The number of ketones is 1. The summed E-state index contributed by atoms with van der Waals surface area (Å²) in [5.74, 6) is 0.167. The Kier molecular flexibility index (Phi) is 5.12. The molecular formula is C17H21N3O4S2. The molecule has 26 heavy (non-hydrogen) atoms. The molecule has 0 bridgehead atoms. The number of Topliss-reactive ketones (excluding diaryl/α,β-unsaturated/α-hetero) is 1. The van der Waals surface area contributed by atoms with Crippen LogP contribution in [0.2, 0.25) is 0 Å². The Bertz CT molecular complexity index is 880. The van der Waals surface area contributed by atoms with E-state index in [9.17, 15) is 18.0 Å². The second kappa shape index (κ2) is 7.03. The normalized spacial score (nSPS) is 23.5. The summed E-state index contributed by atoms with van der Waals surface area (Å²) in [6.07, 6.45) is 0. The molecule has 0 aromatic heterocycles. The van der Waals surface area contributed by atoms with Crippen molar-refractivity contribution in [1.82, 2.24) is 4.90 Å².